The number of rotatable bonds is 4. The van der Waals surface area contributed by atoms with E-state index in [4.69, 9.17) is 0 Å². The fourth-order valence-corrected chi connectivity index (χ4v) is 3.88. The summed E-state index contributed by atoms with van der Waals surface area (Å²) < 4.78 is 1.80. The number of hydrogen-bond acceptors (Lipinski definition) is 3. The van der Waals surface area contributed by atoms with Crippen LogP contribution in [0.4, 0.5) is 0 Å². The average Bonchev–Trinajstić information content (AvgIpc) is 3.41. The van der Waals surface area contributed by atoms with Crippen LogP contribution < -0.4 is 0 Å². The van der Waals surface area contributed by atoms with Crippen molar-refractivity contribution in [2.75, 3.05) is 13.1 Å². The Morgan fingerprint density at radius 3 is 2.55 bits per heavy atom. The van der Waals surface area contributed by atoms with E-state index in [0.717, 1.165) is 31.4 Å². The number of carbonyl (C=O) groups is 2. The molecule has 1 aromatic heterocycles. The van der Waals surface area contributed by atoms with Crippen LogP contribution in [0, 0.1) is 17.8 Å². The van der Waals surface area contributed by atoms with Gasteiger partial charge < -0.3 is 10.0 Å². The van der Waals surface area contributed by atoms with Crippen LogP contribution in [-0.4, -0.2) is 44.8 Å². The zero-order valence-electron chi connectivity index (χ0n) is 12.7. The van der Waals surface area contributed by atoms with Gasteiger partial charge in [0, 0.05) is 26.1 Å². The molecule has 1 aliphatic heterocycles. The smallest absolute Gasteiger partial charge is 0.308 e. The van der Waals surface area contributed by atoms with E-state index in [1.807, 2.05) is 7.05 Å². The van der Waals surface area contributed by atoms with Crippen LogP contribution in [0.5, 0.6) is 0 Å². The predicted octanol–water partition coefficient (Wildman–Crippen LogP) is 1.48. The predicted molar refractivity (Wildman–Crippen MR) is 78.4 cm³/mol. The Balaban J connectivity index is 1.57. The van der Waals surface area contributed by atoms with Crippen LogP contribution in [0.2, 0.25) is 0 Å². The van der Waals surface area contributed by atoms with Crippen LogP contribution in [0.15, 0.2) is 6.20 Å². The Kier molecular flexibility index (Phi) is 3.03. The highest BCUT2D eigenvalue weighted by Crippen LogP contribution is 2.45. The highest BCUT2D eigenvalue weighted by Gasteiger charge is 2.47. The van der Waals surface area contributed by atoms with E-state index in [1.165, 1.54) is 0 Å². The molecule has 3 fully saturated rings. The molecule has 6 nitrogen and oxygen atoms in total. The molecule has 0 aromatic carbocycles. The third-order valence-electron chi connectivity index (χ3n) is 5.38. The number of hydrogen-bond donors (Lipinski definition) is 1. The summed E-state index contributed by atoms with van der Waals surface area (Å²) in [6, 6.07) is 0. The van der Waals surface area contributed by atoms with Crippen LogP contribution >= 0.6 is 0 Å². The molecule has 1 amide bonds. The van der Waals surface area contributed by atoms with E-state index in [2.05, 4.69) is 5.10 Å². The van der Waals surface area contributed by atoms with Gasteiger partial charge in [0.25, 0.3) is 5.91 Å². The molecule has 6 heteroatoms. The number of carbonyl (C=O) groups excluding carboxylic acids is 1. The Morgan fingerprint density at radius 1 is 1.23 bits per heavy atom. The van der Waals surface area contributed by atoms with Crippen LogP contribution in [-0.2, 0) is 11.8 Å². The molecule has 0 unspecified atom stereocenters. The first-order chi connectivity index (χ1) is 10.6. The molecule has 3 aliphatic rings. The lowest BCUT2D eigenvalue weighted by molar-refractivity contribution is -0.142. The summed E-state index contributed by atoms with van der Waals surface area (Å²) in [7, 11) is 1.88. The molecule has 0 spiro atoms. The number of aliphatic carboxylic acids is 1. The van der Waals surface area contributed by atoms with Crippen LogP contribution in [0.3, 0.4) is 0 Å². The van der Waals surface area contributed by atoms with Gasteiger partial charge in [-0.15, -0.1) is 0 Å². The molecule has 4 rings (SSSR count). The van der Waals surface area contributed by atoms with Gasteiger partial charge in [-0.3, -0.25) is 14.3 Å². The first kappa shape index (κ1) is 13.8. The third kappa shape index (κ3) is 2.21. The first-order valence-corrected chi connectivity index (χ1v) is 8.10. The lowest BCUT2D eigenvalue weighted by Gasteiger charge is -2.16. The maximum absolute atomic E-state index is 12.8. The standard InChI is InChI=1S/C16H21N3O3/c1-18-14(10-4-5-10)11(6-17-18)15(20)19-7-12(9-2-3-9)13(8-19)16(21)22/h6,9-10,12-13H,2-5,7-8H2,1H3,(H,21,22)/t12-,13+/m1/s1. The van der Waals surface area contributed by atoms with Gasteiger partial charge in [0.2, 0.25) is 0 Å². The van der Waals surface area contributed by atoms with Gasteiger partial charge >= 0.3 is 5.97 Å². The number of carboxylic acid groups (broad SMARTS) is 1. The summed E-state index contributed by atoms with van der Waals surface area (Å²) in [4.78, 5) is 26.1. The summed E-state index contributed by atoms with van der Waals surface area (Å²) in [5.74, 6) is -0.135. The van der Waals surface area contributed by atoms with Crippen molar-refractivity contribution < 1.29 is 14.7 Å². The highest BCUT2D eigenvalue weighted by molar-refractivity contribution is 5.96. The topological polar surface area (TPSA) is 75.4 Å². The molecule has 22 heavy (non-hydrogen) atoms. The quantitative estimate of drug-likeness (QED) is 0.914. The van der Waals surface area contributed by atoms with Crippen molar-refractivity contribution in [2.24, 2.45) is 24.8 Å². The van der Waals surface area contributed by atoms with Crippen molar-refractivity contribution in [3.05, 3.63) is 17.5 Å². The van der Waals surface area contributed by atoms with Crippen molar-refractivity contribution in [3.8, 4) is 0 Å². The van der Waals surface area contributed by atoms with E-state index in [1.54, 1.807) is 15.8 Å². The fraction of sp³-hybridized carbons (Fsp3) is 0.688. The fourth-order valence-electron chi connectivity index (χ4n) is 3.88. The maximum Gasteiger partial charge on any atom is 0.308 e. The second-order valence-electron chi connectivity index (χ2n) is 7.00. The largest absolute Gasteiger partial charge is 0.481 e. The van der Waals surface area contributed by atoms with Gasteiger partial charge in [-0.1, -0.05) is 0 Å². The Hall–Kier alpha value is -1.85. The van der Waals surface area contributed by atoms with Gasteiger partial charge in [-0.05, 0) is 37.5 Å². The number of aromatic nitrogens is 2. The molecule has 2 heterocycles. The zero-order valence-corrected chi connectivity index (χ0v) is 12.7. The normalized spacial score (nSPS) is 28.1. The average molecular weight is 303 g/mol. The molecule has 2 saturated carbocycles. The Bertz CT molecular complexity index is 631. The second-order valence-corrected chi connectivity index (χ2v) is 7.00. The van der Waals surface area contributed by atoms with Crippen LogP contribution in [0.1, 0.15) is 47.7 Å². The molecule has 0 bridgehead atoms. The van der Waals surface area contributed by atoms with Gasteiger partial charge in [0.15, 0.2) is 0 Å². The van der Waals surface area contributed by atoms with Crippen molar-refractivity contribution in [1.82, 2.24) is 14.7 Å². The molecule has 0 radical (unpaired) electrons. The highest BCUT2D eigenvalue weighted by atomic mass is 16.4. The molecule has 2 aliphatic carbocycles. The summed E-state index contributed by atoms with van der Waals surface area (Å²) in [6.07, 6.45) is 6.09. The Labute approximate surface area is 129 Å². The van der Waals surface area contributed by atoms with E-state index in [-0.39, 0.29) is 11.8 Å². The van der Waals surface area contributed by atoms with E-state index >= 15 is 0 Å². The number of carboxylic acids is 1. The zero-order chi connectivity index (χ0) is 15.4. The molecular weight excluding hydrogens is 282 g/mol. The first-order valence-electron chi connectivity index (χ1n) is 8.10. The van der Waals surface area contributed by atoms with Gasteiger partial charge in [-0.2, -0.15) is 5.10 Å². The van der Waals surface area contributed by atoms with E-state index < -0.39 is 11.9 Å². The summed E-state index contributed by atoms with van der Waals surface area (Å²) in [5, 5.41) is 13.7. The Morgan fingerprint density at radius 2 is 1.95 bits per heavy atom. The van der Waals surface area contributed by atoms with Crippen molar-refractivity contribution >= 4 is 11.9 Å². The van der Waals surface area contributed by atoms with Crippen molar-refractivity contribution in [2.45, 2.75) is 31.6 Å². The SMILES string of the molecule is Cn1ncc(C(=O)N2C[C@H](C(=O)O)[C@@H](C3CC3)C2)c1C1CC1. The minimum Gasteiger partial charge on any atom is -0.481 e. The van der Waals surface area contributed by atoms with Crippen LogP contribution in [0.25, 0.3) is 0 Å². The summed E-state index contributed by atoms with van der Waals surface area (Å²) in [5.41, 5.74) is 1.69. The van der Waals surface area contributed by atoms with E-state index in [9.17, 15) is 14.7 Å². The van der Waals surface area contributed by atoms with Gasteiger partial charge in [-0.25, -0.2) is 0 Å². The lowest BCUT2D eigenvalue weighted by atomic mass is 9.92. The number of amides is 1. The molecule has 1 saturated heterocycles. The second kappa shape index (κ2) is 4.83. The minimum absolute atomic E-state index is 0.0376. The molecular formula is C16H21N3O3. The van der Waals surface area contributed by atoms with Gasteiger partial charge in [0.1, 0.15) is 0 Å². The number of likely N-dealkylation sites (tertiary alicyclic amines) is 1. The molecule has 1 N–H and O–H groups in total. The van der Waals surface area contributed by atoms with Crippen molar-refractivity contribution in [1.29, 1.82) is 0 Å². The minimum atomic E-state index is -0.763. The van der Waals surface area contributed by atoms with Gasteiger partial charge in [0.05, 0.1) is 23.4 Å². The third-order valence-corrected chi connectivity index (χ3v) is 5.38. The maximum atomic E-state index is 12.8. The number of nitrogens with zero attached hydrogens (tertiary/aromatic N) is 3. The molecule has 1 aromatic rings. The van der Waals surface area contributed by atoms with Crippen molar-refractivity contribution in [3.63, 3.8) is 0 Å². The summed E-state index contributed by atoms with van der Waals surface area (Å²) >= 11 is 0. The lowest BCUT2D eigenvalue weighted by Crippen LogP contribution is -2.30. The van der Waals surface area contributed by atoms with E-state index in [0.29, 0.717) is 30.5 Å². The summed E-state index contributed by atoms with van der Waals surface area (Å²) in [6.45, 7) is 0.924. The molecule has 2 atom stereocenters. The number of aryl methyl sites for hydroxylation is 1. The monoisotopic (exact) mass is 303 g/mol. The molecule has 118 valence electrons.